The highest BCUT2D eigenvalue weighted by molar-refractivity contribution is 5.94. The molecule has 25 heavy (non-hydrogen) atoms. The molecule has 6 nitrogen and oxygen atoms in total. The van der Waals surface area contributed by atoms with Crippen LogP contribution < -0.4 is 5.32 Å². The molecule has 2 N–H and O–H groups in total. The molecule has 0 saturated carbocycles. The van der Waals surface area contributed by atoms with E-state index in [1.807, 2.05) is 0 Å². The normalized spacial score (nSPS) is 19.2. The van der Waals surface area contributed by atoms with Crippen molar-refractivity contribution in [3.05, 3.63) is 29.8 Å². The van der Waals surface area contributed by atoms with Gasteiger partial charge in [0, 0.05) is 12.3 Å². The van der Waals surface area contributed by atoms with Crippen molar-refractivity contribution in [2.24, 2.45) is 0 Å². The number of benzene rings is 1. The SMILES string of the molecule is CC(OCC1CCCCO1)C(=O)Nc1ccc(C(C)(C)C(=O)O)cc1. The summed E-state index contributed by atoms with van der Waals surface area (Å²) >= 11 is 0. The molecule has 2 unspecified atom stereocenters. The predicted molar refractivity (Wildman–Crippen MR) is 94.7 cm³/mol. The van der Waals surface area contributed by atoms with E-state index in [0.29, 0.717) is 17.9 Å². The molecule has 0 aliphatic carbocycles. The van der Waals surface area contributed by atoms with Gasteiger partial charge in [-0.05, 0) is 57.7 Å². The molecule has 2 rings (SSSR count). The molecule has 1 aliphatic heterocycles. The Kier molecular flexibility index (Phi) is 6.56. The molecule has 1 fully saturated rings. The van der Waals surface area contributed by atoms with Crippen LogP contribution in [-0.2, 0) is 24.5 Å². The van der Waals surface area contributed by atoms with Gasteiger partial charge in [-0.1, -0.05) is 12.1 Å². The summed E-state index contributed by atoms with van der Waals surface area (Å²) in [4.78, 5) is 23.5. The van der Waals surface area contributed by atoms with E-state index in [1.54, 1.807) is 45.0 Å². The van der Waals surface area contributed by atoms with E-state index in [0.717, 1.165) is 25.9 Å². The number of aliphatic carboxylic acids is 1. The van der Waals surface area contributed by atoms with Crippen molar-refractivity contribution in [3.8, 4) is 0 Å². The lowest BCUT2D eigenvalue weighted by atomic mass is 9.85. The predicted octanol–water partition coefficient (Wildman–Crippen LogP) is 2.96. The third-order valence-corrected chi connectivity index (χ3v) is 4.58. The molecule has 1 heterocycles. The Bertz CT molecular complexity index is 590. The highest BCUT2D eigenvalue weighted by Gasteiger charge is 2.29. The number of carbonyl (C=O) groups excluding carboxylic acids is 1. The molecule has 138 valence electrons. The second-order valence-corrected chi connectivity index (χ2v) is 6.96. The molecule has 0 aromatic heterocycles. The first-order chi connectivity index (χ1) is 11.8. The zero-order valence-electron chi connectivity index (χ0n) is 15.1. The van der Waals surface area contributed by atoms with Crippen molar-refractivity contribution in [1.29, 1.82) is 0 Å². The highest BCUT2D eigenvalue weighted by atomic mass is 16.5. The number of carboxylic acids is 1. The summed E-state index contributed by atoms with van der Waals surface area (Å²) in [5.74, 6) is -1.13. The Morgan fingerprint density at radius 3 is 2.56 bits per heavy atom. The Hall–Kier alpha value is -1.92. The number of ether oxygens (including phenoxy) is 2. The van der Waals surface area contributed by atoms with Crippen LogP contribution in [0.1, 0.15) is 45.6 Å². The molecule has 0 radical (unpaired) electrons. The molecule has 6 heteroatoms. The first-order valence-corrected chi connectivity index (χ1v) is 8.68. The molecule has 2 atom stereocenters. The minimum Gasteiger partial charge on any atom is -0.481 e. The van der Waals surface area contributed by atoms with E-state index in [1.165, 1.54) is 0 Å². The molecular weight excluding hydrogens is 322 g/mol. The van der Waals surface area contributed by atoms with Gasteiger partial charge in [0.15, 0.2) is 0 Å². The van der Waals surface area contributed by atoms with E-state index >= 15 is 0 Å². The molecular formula is C19H27NO5. The Morgan fingerprint density at radius 1 is 1.32 bits per heavy atom. The number of carboxylic acid groups (broad SMARTS) is 1. The second-order valence-electron chi connectivity index (χ2n) is 6.96. The summed E-state index contributed by atoms with van der Waals surface area (Å²) < 4.78 is 11.2. The van der Waals surface area contributed by atoms with Crippen molar-refractivity contribution in [2.75, 3.05) is 18.5 Å². The summed E-state index contributed by atoms with van der Waals surface area (Å²) in [7, 11) is 0. The lowest BCUT2D eigenvalue weighted by molar-refractivity contribution is -0.142. The maximum atomic E-state index is 12.2. The van der Waals surface area contributed by atoms with Crippen LogP contribution in [0.25, 0.3) is 0 Å². The number of hydrogen-bond donors (Lipinski definition) is 2. The number of carbonyl (C=O) groups is 2. The van der Waals surface area contributed by atoms with Gasteiger partial charge in [0.1, 0.15) is 6.10 Å². The van der Waals surface area contributed by atoms with E-state index in [2.05, 4.69) is 5.32 Å². The number of nitrogens with one attached hydrogen (secondary N) is 1. The van der Waals surface area contributed by atoms with Gasteiger partial charge < -0.3 is 19.9 Å². The molecule has 0 bridgehead atoms. The van der Waals surface area contributed by atoms with E-state index in [4.69, 9.17) is 9.47 Å². The lowest BCUT2D eigenvalue weighted by Gasteiger charge is -2.24. The number of hydrogen-bond acceptors (Lipinski definition) is 4. The second kappa shape index (κ2) is 8.45. The fourth-order valence-corrected chi connectivity index (χ4v) is 2.60. The van der Waals surface area contributed by atoms with Gasteiger partial charge in [-0.15, -0.1) is 0 Å². The smallest absolute Gasteiger partial charge is 0.313 e. The van der Waals surface area contributed by atoms with Crippen molar-refractivity contribution in [2.45, 2.75) is 57.7 Å². The number of anilines is 1. The summed E-state index contributed by atoms with van der Waals surface area (Å²) in [6, 6.07) is 6.83. The summed E-state index contributed by atoms with van der Waals surface area (Å²) in [5, 5.41) is 12.0. The van der Waals surface area contributed by atoms with Crippen molar-refractivity contribution >= 4 is 17.6 Å². The van der Waals surface area contributed by atoms with Crippen LogP contribution in [0, 0.1) is 0 Å². The fourth-order valence-electron chi connectivity index (χ4n) is 2.60. The number of amides is 1. The largest absolute Gasteiger partial charge is 0.481 e. The lowest BCUT2D eigenvalue weighted by Crippen LogP contribution is -2.32. The topological polar surface area (TPSA) is 84.9 Å². The summed E-state index contributed by atoms with van der Waals surface area (Å²) in [6.45, 7) is 6.17. The molecule has 1 saturated heterocycles. The van der Waals surface area contributed by atoms with Crippen LogP contribution in [-0.4, -0.2) is 42.4 Å². The average Bonchev–Trinajstić information content (AvgIpc) is 2.60. The third-order valence-electron chi connectivity index (χ3n) is 4.58. The first-order valence-electron chi connectivity index (χ1n) is 8.68. The molecule has 1 aromatic carbocycles. The van der Waals surface area contributed by atoms with E-state index in [9.17, 15) is 14.7 Å². The van der Waals surface area contributed by atoms with Crippen LogP contribution in [0.2, 0.25) is 0 Å². The van der Waals surface area contributed by atoms with E-state index in [-0.39, 0.29) is 12.0 Å². The van der Waals surface area contributed by atoms with E-state index < -0.39 is 17.5 Å². The van der Waals surface area contributed by atoms with Crippen molar-refractivity contribution < 1.29 is 24.2 Å². The van der Waals surface area contributed by atoms with Crippen LogP contribution in [0.5, 0.6) is 0 Å². The third kappa shape index (κ3) is 5.28. The van der Waals surface area contributed by atoms with Crippen LogP contribution in [0.4, 0.5) is 5.69 Å². The van der Waals surface area contributed by atoms with Crippen molar-refractivity contribution in [1.82, 2.24) is 0 Å². The maximum absolute atomic E-state index is 12.2. The molecule has 1 aromatic rings. The Labute approximate surface area is 148 Å². The monoisotopic (exact) mass is 349 g/mol. The van der Waals surface area contributed by atoms with Crippen LogP contribution in [0.3, 0.4) is 0 Å². The van der Waals surface area contributed by atoms with Gasteiger partial charge in [0.25, 0.3) is 5.91 Å². The van der Waals surface area contributed by atoms with Gasteiger partial charge in [0.2, 0.25) is 0 Å². The van der Waals surface area contributed by atoms with Gasteiger partial charge in [0.05, 0.1) is 18.1 Å². The summed E-state index contributed by atoms with van der Waals surface area (Å²) in [5.41, 5.74) is 0.315. The summed E-state index contributed by atoms with van der Waals surface area (Å²) in [6.07, 6.45) is 2.67. The zero-order chi connectivity index (χ0) is 18.4. The molecule has 1 amide bonds. The molecule has 0 spiro atoms. The van der Waals surface area contributed by atoms with Gasteiger partial charge in [-0.3, -0.25) is 9.59 Å². The maximum Gasteiger partial charge on any atom is 0.313 e. The average molecular weight is 349 g/mol. The number of rotatable bonds is 7. The zero-order valence-corrected chi connectivity index (χ0v) is 15.1. The fraction of sp³-hybridized carbons (Fsp3) is 0.579. The first kappa shape index (κ1) is 19.4. The van der Waals surface area contributed by atoms with Crippen LogP contribution >= 0.6 is 0 Å². The van der Waals surface area contributed by atoms with Gasteiger partial charge in [-0.25, -0.2) is 0 Å². The Morgan fingerprint density at radius 2 is 2.00 bits per heavy atom. The minimum absolute atomic E-state index is 0.0709. The quantitative estimate of drug-likeness (QED) is 0.790. The van der Waals surface area contributed by atoms with Gasteiger partial charge >= 0.3 is 5.97 Å². The van der Waals surface area contributed by atoms with Crippen molar-refractivity contribution in [3.63, 3.8) is 0 Å². The minimum atomic E-state index is -0.973. The standard InChI is InChI=1S/C19H27NO5/c1-13(25-12-16-6-4-5-11-24-16)17(21)20-15-9-7-14(8-10-15)19(2,3)18(22)23/h7-10,13,16H,4-6,11-12H2,1-3H3,(H,20,21)(H,22,23). The van der Waals surface area contributed by atoms with Crippen LogP contribution in [0.15, 0.2) is 24.3 Å². The van der Waals surface area contributed by atoms with Gasteiger partial charge in [-0.2, -0.15) is 0 Å². The highest BCUT2D eigenvalue weighted by Crippen LogP contribution is 2.25. The molecule has 1 aliphatic rings. The Balaban J connectivity index is 1.86.